The lowest BCUT2D eigenvalue weighted by Crippen LogP contribution is -2.30. The molecule has 1 aliphatic heterocycles. The minimum Gasteiger partial charge on any atom is -0.341 e. The number of amides is 1. The predicted molar refractivity (Wildman–Crippen MR) is 76.3 cm³/mol. The Morgan fingerprint density at radius 1 is 1.26 bits per heavy atom. The summed E-state index contributed by atoms with van der Waals surface area (Å²) in [6.45, 7) is 4.13. The zero-order chi connectivity index (χ0) is 13.5. The third kappa shape index (κ3) is 4.19. The molecule has 5 heteroatoms. The van der Waals surface area contributed by atoms with Crippen molar-refractivity contribution in [1.29, 1.82) is 0 Å². The largest absolute Gasteiger partial charge is 0.341 e. The van der Waals surface area contributed by atoms with Gasteiger partial charge in [-0.15, -0.1) is 0 Å². The van der Waals surface area contributed by atoms with Crippen LogP contribution in [-0.4, -0.2) is 29.0 Å². The Balaban J connectivity index is 1.88. The maximum atomic E-state index is 11.6. The molecule has 2 heterocycles. The molecule has 0 unspecified atom stereocenters. The Morgan fingerprint density at radius 2 is 1.95 bits per heavy atom. The number of nitrogens with one attached hydrogen (secondary N) is 1. The summed E-state index contributed by atoms with van der Waals surface area (Å²) in [6, 6.07) is 0. The SMILES string of the molecule is CCCCC(=O)Nc1cnc(N2CCCCC2)nc1. The van der Waals surface area contributed by atoms with Gasteiger partial charge in [-0.1, -0.05) is 13.3 Å². The predicted octanol–water partition coefficient (Wildman–Crippen LogP) is 2.60. The Bertz CT molecular complexity index is 398. The maximum Gasteiger partial charge on any atom is 0.225 e. The smallest absolute Gasteiger partial charge is 0.225 e. The molecule has 1 fully saturated rings. The molecule has 1 aliphatic rings. The van der Waals surface area contributed by atoms with Gasteiger partial charge in [0.05, 0.1) is 18.1 Å². The summed E-state index contributed by atoms with van der Waals surface area (Å²) in [5.41, 5.74) is 0.682. The molecule has 1 N–H and O–H groups in total. The molecule has 0 bridgehead atoms. The average molecular weight is 262 g/mol. The summed E-state index contributed by atoms with van der Waals surface area (Å²) in [5.74, 6) is 0.808. The molecule has 0 aliphatic carbocycles. The Morgan fingerprint density at radius 3 is 2.58 bits per heavy atom. The average Bonchev–Trinajstić information content (AvgIpc) is 2.47. The van der Waals surface area contributed by atoms with Crippen LogP contribution in [-0.2, 0) is 4.79 Å². The fraction of sp³-hybridized carbons (Fsp3) is 0.643. The molecule has 19 heavy (non-hydrogen) atoms. The molecular formula is C14H22N4O. The van der Waals surface area contributed by atoms with Crippen molar-refractivity contribution < 1.29 is 4.79 Å². The molecule has 1 aromatic heterocycles. The molecule has 2 rings (SSSR count). The van der Waals surface area contributed by atoms with Crippen LogP contribution in [0.3, 0.4) is 0 Å². The number of piperidine rings is 1. The lowest BCUT2D eigenvalue weighted by Gasteiger charge is -2.26. The zero-order valence-corrected chi connectivity index (χ0v) is 11.6. The number of carbonyl (C=O) groups excluding carboxylic acids is 1. The van der Waals surface area contributed by atoms with Crippen molar-refractivity contribution in [3.63, 3.8) is 0 Å². The number of unbranched alkanes of at least 4 members (excludes halogenated alkanes) is 1. The van der Waals surface area contributed by atoms with Crippen molar-refractivity contribution in [3.05, 3.63) is 12.4 Å². The first-order valence-corrected chi connectivity index (χ1v) is 7.16. The number of carbonyl (C=O) groups is 1. The highest BCUT2D eigenvalue weighted by Gasteiger charge is 2.13. The van der Waals surface area contributed by atoms with Crippen LogP contribution in [0.15, 0.2) is 12.4 Å². The van der Waals surface area contributed by atoms with Crippen LogP contribution in [0.4, 0.5) is 11.6 Å². The van der Waals surface area contributed by atoms with Crippen LogP contribution in [0.1, 0.15) is 45.4 Å². The molecule has 0 radical (unpaired) electrons. The summed E-state index contributed by atoms with van der Waals surface area (Å²) in [6.07, 6.45) is 9.60. The van der Waals surface area contributed by atoms with Gasteiger partial charge in [0.1, 0.15) is 0 Å². The van der Waals surface area contributed by atoms with E-state index in [1.54, 1.807) is 12.4 Å². The van der Waals surface area contributed by atoms with E-state index in [1.165, 1.54) is 19.3 Å². The van der Waals surface area contributed by atoms with Gasteiger partial charge < -0.3 is 10.2 Å². The van der Waals surface area contributed by atoms with Gasteiger partial charge in [-0.25, -0.2) is 9.97 Å². The summed E-state index contributed by atoms with van der Waals surface area (Å²) in [5, 5.41) is 2.82. The lowest BCUT2D eigenvalue weighted by molar-refractivity contribution is -0.116. The topological polar surface area (TPSA) is 58.1 Å². The van der Waals surface area contributed by atoms with E-state index in [-0.39, 0.29) is 5.91 Å². The summed E-state index contributed by atoms with van der Waals surface area (Å²) < 4.78 is 0. The van der Waals surface area contributed by atoms with E-state index < -0.39 is 0 Å². The summed E-state index contributed by atoms with van der Waals surface area (Å²) in [4.78, 5) is 22.5. The third-order valence-electron chi connectivity index (χ3n) is 3.32. The first-order valence-electron chi connectivity index (χ1n) is 7.16. The Labute approximate surface area is 114 Å². The minimum atomic E-state index is 0.0381. The van der Waals surface area contributed by atoms with Gasteiger partial charge in [-0.2, -0.15) is 0 Å². The van der Waals surface area contributed by atoms with Gasteiger partial charge >= 0.3 is 0 Å². The molecule has 0 atom stereocenters. The second kappa shape index (κ2) is 7.07. The summed E-state index contributed by atoms with van der Waals surface area (Å²) >= 11 is 0. The van der Waals surface area contributed by atoms with E-state index in [0.29, 0.717) is 12.1 Å². The van der Waals surface area contributed by atoms with Crippen molar-refractivity contribution >= 4 is 17.5 Å². The molecule has 0 aromatic carbocycles. The van der Waals surface area contributed by atoms with Crippen LogP contribution in [0.2, 0.25) is 0 Å². The van der Waals surface area contributed by atoms with Gasteiger partial charge in [-0.3, -0.25) is 4.79 Å². The van der Waals surface area contributed by atoms with E-state index in [1.807, 2.05) is 0 Å². The van der Waals surface area contributed by atoms with Crippen LogP contribution < -0.4 is 10.2 Å². The Kier molecular flexibility index (Phi) is 5.12. The highest BCUT2D eigenvalue weighted by molar-refractivity contribution is 5.90. The molecule has 1 saturated heterocycles. The molecule has 0 saturated carbocycles. The minimum absolute atomic E-state index is 0.0381. The molecule has 1 amide bonds. The number of hydrogen-bond acceptors (Lipinski definition) is 4. The number of aromatic nitrogens is 2. The van der Waals surface area contributed by atoms with Crippen molar-refractivity contribution in [2.45, 2.75) is 45.4 Å². The highest BCUT2D eigenvalue weighted by atomic mass is 16.1. The van der Waals surface area contributed by atoms with E-state index in [2.05, 4.69) is 27.1 Å². The lowest BCUT2D eigenvalue weighted by atomic mass is 10.1. The van der Waals surface area contributed by atoms with Crippen LogP contribution >= 0.6 is 0 Å². The van der Waals surface area contributed by atoms with Crippen LogP contribution in [0, 0.1) is 0 Å². The van der Waals surface area contributed by atoms with Crippen LogP contribution in [0.25, 0.3) is 0 Å². The van der Waals surface area contributed by atoms with E-state index in [0.717, 1.165) is 31.9 Å². The maximum absolute atomic E-state index is 11.6. The third-order valence-corrected chi connectivity index (χ3v) is 3.32. The number of anilines is 2. The van der Waals surface area contributed by atoms with Crippen molar-refractivity contribution in [2.75, 3.05) is 23.3 Å². The molecule has 0 spiro atoms. The Hall–Kier alpha value is -1.65. The van der Waals surface area contributed by atoms with E-state index >= 15 is 0 Å². The fourth-order valence-corrected chi connectivity index (χ4v) is 2.20. The molecule has 104 valence electrons. The first-order chi connectivity index (χ1) is 9.29. The molecule has 1 aromatic rings. The molecular weight excluding hydrogens is 240 g/mol. The van der Waals surface area contributed by atoms with E-state index in [9.17, 15) is 4.79 Å². The van der Waals surface area contributed by atoms with Gasteiger partial charge in [0.15, 0.2) is 0 Å². The zero-order valence-electron chi connectivity index (χ0n) is 11.6. The second-order valence-electron chi connectivity index (χ2n) is 4.97. The van der Waals surface area contributed by atoms with Crippen molar-refractivity contribution in [2.24, 2.45) is 0 Å². The van der Waals surface area contributed by atoms with Crippen molar-refractivity contribution in [3.8, 4) is 0 Å². The van der Waals surface area contributed by atoms with E-state index in [4.69, 9.17) is 0 Å². The second-order valence-corrected chi connectivity index (χ2v) is 4.97. The van der Waals surface area contributed by atoms with Gasteiger partial charge in [0.2, 0.25) is 11.9 Å². The van der Waals surface area contributed by atoms with Crippen LogP contribution in [0.5, 0.6) is 0 Å². The van der Waals surface area contributed by atoms with Gasteiger partial charge in [0.25, 0.3) is 0 Å². The van der Waals surface area contributed by atoms with Gasteiger partial charge in [-0.05, 0) is 25.7 Å². The molecule has 5 nitrogen and oxygen atoms in total. The van der Waals surface area contributed by atoms with Crippen molar-refractivity contribution in [1.82, 2.24) is 9.97 Å². The van der Waals surface area contributed by atoms with Gasteiger partial charge in [0, 0.05) is 19.5 Å². The highest BCUT2D eigenvalue weighted by Crippen LogP contribution is 2.16. The fourth-order valence-electron chi connectivity index (χ4n) is 2.20. The normalized spacial score (nSPS) is 15.3. The first kappa shape index (κ1) is 13.8. The number of hydrogen-bond donors (Lipinski definition) is 1. The number of nitrogens with zero attached hydrogens (tertiary/aromatic N) is 3. The summed E-state index contributed by atoms with van der Waals surface area (Å²) in [7, 11) is 0. The number of rotatable bonds is 5. The quantitative estimate of drug-likeness (QED) is 0.886. The monoisotopic (exact) mass is 262 g/mol. The standard InChI is InChI=1S/C14H22N4O/c1-2-3-7-13(19)17-12-10-15-14(16-11-12)18-8-5-4-6-9-18/h10-11H,2-9H2,1H3,(H,17,19).